The number of halogens is 1. The highest BCUT2D eigenvalue weighted by molar-refractivity contribution is 6.30. The summed E-state index contributed by atoms with van der Waals surface area (Å²) in [5, 5.41) is 11.7. The third-order valence-corrected chi connectivity index (χ3v) is 5.99. The molecule has 1 unspecified atom stereocenters. The Morgan fingerprint density at radius 1 is 1.06 bits per heavy atom. The van der Waals surface area contributed by atoms with E-state index in [1.54, 1.807) is 16.8 Å². The Balaban J connectivity index is 1.58. The lowest BCUT2D eigenvalue weighted by Crippen LogP contribution is -2.31. The average molecular weight is 486 g/mol. The molecule has 5 rings (SSSR count). The van der Waals surface area contributed by atoms with Crippen molar-refractivity contribution in [3.8, 4) is 17.1 Å². The molecule has 0 radical (unpaired) electrons. The van der Waals surface area contributed by atoms with E-state index in [2.05, 4.69) is 10.6 Å². The maximum Gasteiger partial charge on any atom is 0.255 e. The van der Waals surface area contributed by atoms with E-state index < -0.39 is 6.04 Å². The van der Waals surface area contributed by atoms with Crippen LogP contribution in [-0.4, -0.2) is 27.3 Å². The van der Waals surface area contributed by atoms with Crippen LogP contribution in [0, 0.1) is 0 Å². The van der Waals surface area contributed by atoms with E-state index in [4.69, 9.17) is 26.4 Å². The first kappa shape index (κ1) is 22.7. The number of amides is 1. The smallest absolute Gasteiger partial charge is 0.255 e. The minimum Gasteiger partial charge on any atom is -0.494 e. The number of carbonyl (C=O) groups excluding carboxylic acids is 1. The second-order valence-corrected chi connectivity index (χ2v) is 8.54. The fourth-order valence-corrected chi connectivity index (χ4v) is 4.23. The van der Waals surface area contributed by atoms with Gasteiger partial charge in [0.05, 0.1) is 12.2 Å². The van der Waals surface area contributed by atoms with E-state index in [1.165, 1.54) is 0 Å². The van der Waals surface area contributed by atoms with Crippen LogP contribution < -0.4 is 15.4 Å². The SMILES string of the molecule is CCOc1ccc(C2C(C(=O)Nc3ccccc3)=C(C)Nc3nc(-c4ccc(Cl)cc4)nn32)cc1. The monoisotopic (exact) mass is 485 g/mol. The summed E-state index contributed by atoms with van der Waals surface area (Å²) in [6.45, 7) is 4.40. The van der Waals surface area contributed by atoms with Crippen molar-refractivity contribution in [3.63, 3.8) is 0 Å². The third kappa shape index (κ3) is 4.63. The zero-order valence-corrected chi connectivity index (χ0v) is 20.1. The normalized spacial score (nSPS) is 14.8. The van der Waals surface area contributed by atoms with Gasteiger partial charge in [-0.15, -0.1) is 5.10 Å². The molecule has 176 valence electrons. The Labute approximate surface area is 208 Å². The first-order chi connectivity index (χ1) is 17.0. The van der Waals surface area contributed by atoms with E-state index in [0.29, 0.717) is 34.7 Å². The number of fused-ring (bicyclic) bond motifs is 1. The first-order valence-electron chi connectivity index (χ1n) is 11.3. The van der Waals surface area contributed by atoms with Crippen molar-refractivity contribution >= 4 is 29.1 Å². The predicted octanol–water partition coefficient (Wildman–Crippen LogP) is 5.92. The third-order valence-electron chi connectivity index (χ3n) is 5.74. The van der Waals surface area contributed by atoms with Crippen LogP contribution in [0.4, 0.5) is 11.6 Å². The minimum atomic E-state index is -0.487. The van der Waals surface area contributed by atoms with Crippen molar-refractivity contribution in [1.82, 2.24) is 14.8 Å². The lowest BCUT2D eigenvalue weighted by molar-refractivity contribution is -0.113. The molecular weight excluding hydrogens is 462 g/mol. The van der Waals surface area contributed by atoms with Gasteiger partial charge in [-0.25, -0.2) is 4.68 Å². The van der Waals surface area contributed by atoms with Gasteiger partial charge in [-0.05, 0) is 67.9 Å². The fraction of sp³-hybridized carbons (Fsp3) is 0.148. The second-order valence-electron chi connectivity index (χ2n) is 8.10. The van der Waals surface area contributed by atoms with Crippen molar-refractivity contribution in [3.05, 3.63) is 101 Å². The van der Waals surface area contributed by atoms with Crippen LogP contribution in [0.2, 0.25) is 5.02 Å². The van der Waals surface area contributed by atoms with Crippen LogP contribution >= 0.6 is 11.6 Å². The predicted molar refractivity (Wildman–Crippen MR) is 138 cm³/mol. The molecule has 0 bridgehead atoms. The number of carbonyl (C=O) groups is 1. The van der Waals surface area contributed by atoms with Crippen LogP contribution in [0.3, 0.4) is 0 Å². The molecule has 7 nitrogen and oxygen atoms in total. The summed E-state index contributed by atoms with van der Waals surface area (Å²) >= 11 is 6.06. The number of ether oxygens (including phenoxy) is 1. The van der Waals surface area contributed by atoms with Crippen molar-refractivity contribution in [1.29, 1.82) is 0 Å². The number of benzene rings is 3. The van der Waals surface area contributed by atoms with Crippen LogP contribution in [-0.2, 0) is 4.79 Å². The van der Waals surface area contributed by atoms with Gasteiger partial charge in [0.25, 0.3) is 5.91 Å². The molecule has 1 aliphatic rings. The van der Waals surface area contributed by atoms with Gasteiger partial charge >= 0.3 is 0 Å². The molecule has 0 saturated heterocycles. The molecule has 4 aromatic rings. The minimum absolute atomic E-state index is 0.214. The summed E-state index contributed by atoms with van der Waals surface area (Å²) in [6, 6.07) is 24.0. The lowest BCUT2D eigenvalue weighted by Gasteiger charge is -2.28. The molecule has 1 atom stereocenters. The van der Waals surface area contributed by atoms with Gasteiger partial charge in [-0.2, -0.15) is 4.98 Å². The number of para-hydroxylation sites is 1. The summed E-state index contributed by atoms with van der Waals surface area (Å²) in [5.74, 6) is 1.65. The first-order valence-corrected chi connectivity index (χ1v) is 11.7. The average Bonchev–Trinajstić information content (AvgIpc) is 3.28. The fourth-order valence-electron chi connectivity index (χ4n) is 4.11. The number of nitrogens with zero attached hydrogens (tertiary/aromatic N) is 3. The highest BCUT2D eigenvalue weighted by Crippen LogP contribution is 2.37. The van der Waals surface area contributed by atoms with Gasteiger partial charge in [0.1, 0.15) is 11.8 Å². The molecule has 8 heteroatoms. The summed E-state index contributed by atoms with van der Waals surface area (Å²) in [5.41, 5.74) is 3.70. The number of nitrogens with one attached hydrogen (secondary N) is 2. The van der Waals surface area contributed by atoms with Crippen LogP contribution in [0.5, 0.6) is 5.75 Å². The van der Waals surface area contributed by atoms with Crippen molar-refractivity contribution in [2.75, 3.05) is 17.2 Å². The molecular formula is C27H24ClN5O2. The Bertz CT molecular complexity index is 1380. The molecule has 2 heterocycles. The summed E-state index contributed by atoms with van der Waals surface area (Å²) < 4.78 is 7.37. The zero-order valence-electron chi connectivity index (χ0n) is 19.3. The molecule has 1 aromatic heterocycles. The Morgan fingerprint density at radius 2 is 1.77 bits per heavy atom. The standard InChI is InChI=1S/C27H24ClN5O2/c1-3-35-22-15-11-18(12-16-22)24-23(26(34)30-21-7-5-4-6-8-21)17(2)29-27-31-25(32-33(24)27)19-9-13-20(28)14-10-19/h4-16,24H,3H2,1-2H3,(H,30,34)(H,29,31,32). The number of aromatic nitrogens is 3. The van der Waals surface area contributed by atoms with E-state index in [1.807, 2.05) is 80.6 Å². The van der Waals surface area contributed by atoms with E-state index in [-0.39, 0.29) is 5.91 Å². The molecule has 3 aromatic carbocycles. The van der Waals surface area contributed by atoms with Crippen molar-refractivity contribution < 1.29 is 9.53 Å². The van der Waals surface area contributed by atoms with Gasteiger partial charge in [0, 0.05) is 22.0 Å². The lowest BCUT2D eigenvalue weighted by atomic mass is 9.95. The second kappa shape index (κ2) is 9.64. The molecule has 0 spiro atoms. The van der Waals surface area contributed by atoms with Gasteiger partial charge in [0.15, 0.2) is 5.82 Å². The van der Waals surface area contributed by atoms with Gasteiger partial charge < -0.3 is 15.4 Å². The van der Waals surface area contributed by atoms with Gasteiger partial charge in [-0.3, -0.25) is 4.79 Å². The summed E-state index contributed by atoms with van der Waals surface area (Å²) in [6.07, 6.45) is 0. The Kier molecular flexibility index (Phi) is 6.25. The van der Waals surface area contributed by atoms with E-state index in [0.717, 1.165) is 22.6 Å². The molecule has 0 fully saturated rings. The maximum atomic E-state index is 13.5. The van der Waals surface area contributed by atoms with Crippen LogP contribution in [0.15, 0.2) is 90.1 Å². The number of anilines is 2. The molecule has 1 amide bonds. The largest absolute Gasteiger partial charge is 0.494 e. The zero-order chi connectivity index (χ0) is 24.4. The highest BCUT2D eigenvalue weighted by Gasteiger charge is 2.34. The molecule has 35 heavy (non-hydrogen) atoms. The number of allylic oxidation sites excluding steroid dienone is 1. The van der Waals surface area contributed by atoms with Crippen molar-refractivity contribution in [2.45, 2.75) is 19.9 Å². The molecule has 2 N–H and O–H groups in total. The van der Waals surface area contributed by atoms with Gasteiger partial charge in [0.2, 0.25) is 5.95 Å². The van der Waals surface area contributed by atoms with Crippen LogP contribution in [0.25, 0.3) is 11.4 Å². The number of hydrogen-bond donors (Lipinski definition) is 2. The highest BCUT2D eigenvalue weighted by atomic mass is 35.5. The number of hydrogen-bond acceptors (Lipinski definition) is 5. The van der Waals surface area contributed by atoms with Crippen LogP contribution in [0.1, 0.15) is 25.5 Å². The molecule has 1 aliphatic heterocycles. The molecule has 0 saturated carbocycles. The Hall–Kier alpha value is -4.10. The topological polar surface area (TPSA) is 81.1 Å². The quantitative estimate of drug-likeness (QED) is 0.354. The van der Waals surface area contributed by atoms with Gasteiger partial charge in [-0.1, -0.05) is 41.9 Å². The maximum absolute atomic E-state index is 13.5. The van der Waals surface area contributed by atoms with E-state index in [9.17, 15) is 4.79 Å². The molecule has 0 aliphatic carbocycles. The van der Waals surface area contributed by atoms with Crippen molar-refractivity contribution in [2.24, 2.45) is 0 Å². The Morgan fingerprint density at radius 3 is 2.46 bits per heavy atom. The summed E-state index contributed by atoms with van der Waals surface area (Å²) in [7, 11) is 0. The number of rotatable bonds is 6. The van der Waals surface area contributed by atoms with E-state index >= 15 is 0 Å². The summed E-state index contributed by atoms with van der Waals surface area (Å²) in [4.78, 5) is 18.3.